The van der Waals surface area contributed by atoms with Crippen molar-refractivity contribution in [3.8, 4) is 5.75 Å². The second-order valence-corrected chi connectivity index (χ2v) is 8.95. The van der Waals surface area contributed by atoms with Gasteiger partial charge in [-0.2, -0.15) is 0 Å². The van der Waals surface area contributed by atoms with Crippen LogP contribution in [0.25, 0.3) is 6.08 Å². The van der Waals surface area contributed by atoms with Crippen LogP contribution in [0.4, 0.5) is 5.69 Å². The maximum absolute atomic E-state index is 12.8. The molecule has 1 fully saturated rings. The second-order valence-electron chi connectivity index (χ2n) is 7.23. The molecule has 0 aliphatic carbocycles. The van der Waals surface area contributed by atoms with Gasteiger partial charge in [0.1, 0.15) is 10.1 Å². The summed E-state index contributed by atoms with van der Waals surface area (Å²) < 4.78 is 6.09. The Morgan fingerprint density at radius 2 is 1.90 bits per heavy atom. The average molecular weight is 425 g/mol. The van der Waals surface area contributed by atoms with Gasteiger partial charge in [-0.1, -0.05) is 59.4 Å². The van der Waals surface area contributed by atoms with E-state index in [0.29, 0.717) is 20.7 Å². The largest absolute Gasteiger partial charge is 0.482 e. The van der Waals surface area contributed by atoms with E-state index in [2.05, 4.69) is 37.4 Å². The molecule has 2 aromatic rings. The van der Waals surface area contributed by atoms with Crippen molar-refractivity contribution in [3.63, 3.8) is 0 Å². The van der Waals surface area contributed by atoms with E-state index >= 15 is 0 Å². The molecule has 0 spiro atoms. The molecule has 1 unspecified atom stereocenters. The lowest BCUT2D eigenvalue weighted by Gasteiger charge is -2.34. The number of nitrogens with zero attached hydrogens (tertiary/aromatic N) is 1. The number of nitrogens with one attached hydrogen (secondary N) is 1. The first-order valence-corrected chi connectivity index (χ1v) is 10.5. The Kier molecular flexibility index (Phi) is 5.19. The number of amides is 2. The van der Waals surface area contributed by atoms with Gasteiger partial charge < -0.3 is 10.1 Å². The second kappa shape index (κ2) is 7.65. The number of rotatable bonds is 3. The Morgan fingerprint density at radius 1 is 1.17 bits per heavy atom. The minimum atomic E-state index is -0.203. The molecule has 29 heavy (non-hydrogen) atoms. The molecule has 148 valence electrons. The quantitative estimate of drug-likeness (QED) is 0.589. The van der Waals surface area contributed by atoms with E-state index in [9.17, 15) is 9.59 Å². The third-order valence-corrected chi connectivity index (χ3v) is 6.08. The number of anilines is 1. The van der Waals surface area contributed by atoms with Crippen LogP contribution in [-0.2, 0) is 9.59 Å². The topological polar surface area (TPSA) is 58.6 Å². The Morgan fingerprint density at radius 3 is 2.55 bits per heavy atom. The zero-order valence-corrected chi connectivity index (χ0v) is 17.9. The summed E-state index contributed by atoms with van der Waals surface area (Å²) in [5, 5.41) is 2.61. The summed E-state index contributed by atoms with van der Waals surface area (Å²) in [6, 6.07) is 11.8. The molecule has 2 aromatic carbocycles. The summed E-state index contributed by atoms with van der Waals surface area (Å²) >= 11 is 6.28. The molecule has 2 aliphatic heterocycles. The molecular weight excluding hydrogens is 404 g/mol. The van der Waals surface area contributed by atoms with Crippen molar-refractivity contribution in [3.05, 3.63) is 63.6 Å². The molecule has 0 saturated carbocycles. The maximum Gasteiger partial charge on any atom is 0.265 e. The molecule has 1 N–H and O–H groups in total. The smallest absolute Gasteiger partial charge is 0.265 e. The van der Waals surface area contributed by atoms with E-state index in [0.717, 1.165) is 22.3 Å². The first-order valence-electron chi connectivity index (χ1n) is 9.24. The molecule has 2 aliphatic rings. The number of carbonyl (C=O) groups is 2. The van der Waals surface area contributed by atoms with Gasteiger partial charge in [0.05, 0.1) is 16.6 Å². The van der Waals surface area contributed by atoms with Crippen molar-refractivity contribution in [2.45, 2.75) is 26.8 Å². The van der Waals surface area contributed by atoms with Crippen LogP contribution in [0.3, 0.4) is 0 Å². The van der Waals surface area contributed by atoms with Crippen LogP contribution in [0.1, 0.15) is 35.2 Å². The van der Waals surface area contributed by atoms with Crippen LogP contribution in [-0.4, -0.2) is 22.7 Å². The summed E-state index contributed by atoms with van der Waals surface area (Å²) in [5.41, 5.74) is 4.90. The molecule has 0 radical (unpaired) electrons. The van der Waals surface area contributed by atoms with E-state index in [1.807, 2.05) is 25.1 Å². The van der Waals surface area contributed by atoms with Crippen LogP contribution in [0.5, 0.6) is 5.75 Å². The summed E-state index contributed by atoms with van der Waals surface area (Å²) in [6.45, 7) is 6.13. The van der Waals surface area contributed by atoms with Crippen molar-refractivity contribution in [2.75, 3.05) is 11.5 Å². The van der Waals surface area contributed by atoms with Crippen molar-refractivity contribution >= 4 is 51.9 Å². The molecule has 4 rings (SSSR count). The van der Waals surface area contributed by atoms with Crippen LogP contribution < -0.4 is 15.0 Å². The van der Waals surface area contributed by atoms with Gasteiger partial charge in [0.2, 0.25) is 0 Å². The van der Waals surface area contributed by atoms with Crippen LogP contribution in [0, 0.1) is 13.8 Å². The molecule has 2 amide bonds. The Balaban J connectivity index is 1.74. The van der Waals surface area contributed by atoms with Crippen LogP contribution in [0.15, 0.2) is 41.3 Å². The Bertz CT molecular complexity index is 1060. The third-order valence-electron chi connectivity index (χ3n) is 4.92. The molecule has 0 bridgehead atoms. The number of thiocarbonyl (C=S) groups is 1. The van der Waals surface area contributed by atoms with Crippen LogP contribution >= 0.6 is 24.0 Å². The predicted molar refractivity (Wildman–Crippen MR) is 120 cm³/mol. The summed E-state index contributed by atoms with van der Waals surface area (Å²) in [4.78, 5) is 27.1. The highest BCUT2D eigenvalue weighted by Crippen LogP contribution is 2.39. The molecule has 2 heterocycles. The van der Waals surface area contributed by atoms with Gasteiger partial charge in [0, 0.05) is 0 Å². The summed E-state index contributed by atoms with van der Waals surface area (Å²) in [7, 11) is 0. The van der Waals surface area contributed by atoms with Crippen molar-refractivity contribution in [1.82, 2.24) is 5.32 Å². The van der Waals surface area contributed by atoms with Gasteiger partial charge in [-0.05, 0) is 50.1 Å². The van der Waals surface area contributed by atoms with Gasteiger partial charge in [-0.25, -0.2) is 0 Å². The minimum absolute atomic E-state index is 0.00903. The number of fused-ring (bicyclic) bond motifs is 1. The van der Waals surface area contributed by atoms with Crippen molar-refractivity contribution < 1.29 is 14.3 Å². The summed E-state index contributed by atoms with van der Waals surface area (Å²) in [6.07, 6.45) is 1.78. The van der Waals surface area contributed by atoms with Gasteiger partial charge in [0.25, 0.3) is 11.8 Å². The summed E-state index contributed by atoms with van der Waals surface area (Å²) in [5.74, 6) is 0.357. The SMILES string of the molecule is Cc1cc(C)cc(C(C)N2C(=O)COc3ccc(/C=C4/SC(=S)NC4=O)cc32)c1. The standard InChI is InChI=1S/C22H20N2O3S2/c1-12-6-13(2)8-16(7-12)14(3)24-17-9-15(4-5-18(17)27-11-20(24)25)10-19-21(26)23-22(28)29-19/h4-10,14H,11H2,1-3H3,(H,23,26,28)/b19-10+. The maximum atomic E-state index is 12.8. The predicted octanol–water partition coefficient (Wildman–Crippen LogP) is 4.28. The van der Waals surface area contributed by atoms with E-state index in [1.165, 1.54) is 11.8 Å². The van der Waals surface area contributed by atoms with Gasteiger partial charge in [0.15, 0.2) is 6.61 Å². The fourth-order valence-corrected chi connectivity index (χ4v) is 4.72. The monoisotopic (exact) mass is 424 g/mol. The lowest BCUT2D eigenvalue weighted by molar-refractivity contribution is -0.121. The zero-order valence-electron chi connectivity index (χ0n) is 16.3. The van der Waals surface area contributed by atoms with Gasteiger partial charge >= 0.3 is 0 Å². The lowest BCUT2D eigenvalue weighted by atomic mass is 9.99. The molecular formula is C22H20N2O3S2. The minimum Gasteiger partial charge on any atom is -0.482 e. The highest BCUT2D eigenvalue weighted by Gasteiger charge is 2.31. The number of aryl methyl sites for hydroxylation is 2. The normalized spacial score (nSPS) is 18.5. The molecule has 1 atom stereocenters. The average Bonchev–Trinajstić information content (AvgIpc) is 2.97. The zero-order chi connectivity index (χ0) is 20.7. The molecule has 7 heteroatoms. The number of thioether (sulfide) groups is 1. The number of ether oxygens (including phenoxy) is 1. The van der Waals surface area contributed by atoms with Gasteiger partial charge in [-0.3, -0.25) is 14.5 Å². The Labute approximate surface area is 179 Å². The van der Waals surface area contributed by atoms with E-state index in [-0.39, 0.29) is 24.5 Å². The van der Waals surface area contributed by atoms with Crippen molar-refractivity contribution in [2.24, 2.45) is 0 Å². The first kappa shape index (κ1) is 19.7. The first-order chi connectivity index (χ1) is 13.8. The number of hydrogen-bond acceptors (Lipinski definition) is 5. The fourth-order valence-electron chi connectivity index (χ4n) is 3.68. The highest BCUT2D eigenvalue weighted by atomic mass is 32.2. The number of carbonyl (C=O) groups excluding carboxylic acids is 2. The third kappa shape index (κ3) is 3.93. The van der Waals surface area contributed by atoms with Gasteiger partial charge in [-0.15, -0.1) is 0 Å². The highest BCUT2D eigenvalue weighted by molar-refractivity contribution is 8.26. The van der Waals surface area contributed by atoms with E-state index in [1.54, 1.807) is 11.0 Å². The number of benzene rings is 2. The molecule has 5 nitrogen and oxygen atoms in total. The van der Waals surface area contributed by atoms with Crippen molar-refractivity contribution in [1.29, 1.82) is 0 Å². The lowest BCUT2D eigenvalue weighted by Crippen LogP contribution is -2.40. The van der Waals surface area contributed by atoms with E-state index in [4.69, 9.17) is 17.0 Å². The fraction of sp³-hybridized carbons (Fsp3) is 0.227. The van der Waals surface area contributed by atoms with E-state index < -0.39 is 0 Å². The number of hydrogen-bond donors (Lipinski definition) is 1. The Hall–Kier alpha value is -2.64. The molecule has 1 saturated heterocycles. The molecule has 0 aromatic heterocycles. The van der Waals surface area contributed by atoms with Crippen LogP contribution in [0.2, 0.25) is 0 Å².